The normalized spacial score (nSPS) is 10.5. The maximum absolute atomic E-state index is 13.2. The van der Waals surface area contributed by atoms with Crippen molar-refractivity contribution in [1.29, 1.82) is 0 Å². The predicted molar refractivity (Wildman–Crippen MR) is 71.0 cm³/mol. The third-order valence-corrected chi connectivity index (χ3v) is 4.54. The zero-order valence-corrected chi connectivity index (χ0v) is 11.6. The van der Waals surface area contributed by atoms with Crippen LogP contribution in [0.3, 0.4) is 0 Å². The van der Waals surface area contributed by atoms with Crippen molar-refractivity contribution in [3.05, 3.63) is 44.7 Å². The average molecular weight is 314 g/mol. The number of hydrogen-bond donors (Lipinski definition) is 1. The van der Waals surface area contributed by atoms with Crippen molar-refractivity contribution in [3.63, 3.8) is 0 Å². The lowest BCUT2D eigenvalue weighted by molar-refractivity contribution is -0.387. The second-order valence-corrected chi connectivity index (χ2v) is 5.96. The molecule has 0 aliphatic rings. The first-order chi connectivity index (χ1) is 9.38. The number of aromatic carboxylic acids is 1. The van der Waals surface area contributed by atoms with E-state index in [9.17, 15) is 19.3 Å². The molecule has 104 valence electrons. The Hall–Kier alpha value is -2.00. The van der Waals surface area contributed by atoms with Crippen LogP contribution >= 0.6 is 23.1 Å². The Morgan fingerprint density at radius 1 is 1.55 bits per heavy atom. The smallest absolute Gasteiger partial charge is 0.347 e. The summed E-state index contributed by atoms with van der Waals surface area (Å²) in [7, 11) is 0. The molecule has 0 saturated carbocycles. The molecule has 1 heterocycles. The van der Waals surface area contributed by atoms with Gasteiger partial charge in [0, 0.05) is 6.07 Å². The number of rotatable bonds is 4. The average Bonchev–Trinajstić information content (AvgIpc) is 2.70. The molecule has 1 aromatic heterocycles. The Kier molecular flexibility index (Phi) is 4.00. The minimum atomic E-state index is -1.11. The van der Waals surface area contributed by atoms with E-state index in [1.165, 1.54) is 6.92 Å². The van der Waals surface area contributed by atoms with Crippen LogP contribution in [0.2, 0.25) is 0 Å². The van der Waals surface area contributed by atoms with Gasteiger partial charge in [-0.15, -0.1) is 11.3 Å². The third kappa shape index (κ3) is 2.94. The number of carbonyl (C=O) groups is 1. The minimum Gasteiger partial charge on any atom is -0.477 e. The van der Waals surface area contributed by atoms with E-state index in [1.54, 1.807) is 0 Å². The zero-order chi connectivity index (χ0) is 14.9. The van der Waals surface area contributed by atoms with Crippen molar-refractivity contribution in [1.82, 2.24) is 4.98 Å². The zero-order valence-electron chi connectivity index (χ0n) is 9.99. The molecule has 0 aliphatic carbocycles. The number of halogens is 1. The molecule has 1 aromatic carbocycles. The van der Waals surface area contributed by atoms with Gasteiger partial charge in [0.05, 0.1) is 15.5 Å². The fourth-order valence-corrected chi connectivity index (χ4v) is 3.54. The molecule has 0 spiro atoms. The first-order valence-corrected chi connectivity index (χ1v) is 6.84. The van der Waals surface area contributed by atoms with Crippen LogP contribution in [0.1, 0.15) is 15.4 Å². The van der Waals surface area contributed by atoms with Crippen LogP contribution in [0.15, 0.2) is 27.4 Å². The van der Waals surface area contributed by atoms with E-state index in [0.29, 0.717) is 10.0 Å². The van der Waals surface area contributed by atoms with E-state index >= 15 is 0 Å². The first kappa shape index (κ1) is 14.4. The molecule has 0 aliphatic heterocycles. The number of carboxylic acids is 1. The topological polar surface area (TPSA) is 93.3 Å². The lowest BCUT2D eigenvalue weighted by atomic mass is 10.3. The van der Waals surface area contributed by atoms with E-state index in [0.717, 1.165) is 41.3 Å². The molecule has 2 aromatic rings. The largest absolute Gasteiger partial charge is 0.477 e. The number of nitro groups is 1. The number of aromatic nitrogens is 1. The summed E-state index contributed by atoms with van der Waals surface area (Å²) in [6.07, 6.45) is 0. The number of aryl methyl sites for hydroxylation is 1. The van der Waals surface area contributed by atoms with E-state index < -0.39 is 16.7 Å². The lowest BCUT2D eigenvalue weighted by Crippen LogP contribution is -1.94. The highest BCUT2D eigenvalue weighted by atomic mass is 32.2. The minimum absolute atomic E-state index is 0.0616. The Morgan fingerprint density at radius 2 is 2.25 bits per heavy atom. The SMILES string of the molecule is Cc1nc(Sc2cc(F)ccc2[N+](=O)[O-])sc1C(=O)O. The molecule has 1 N–H and O–H groups in total. The number of hydrogen-bond acceptors (Lipinski definition) is 6. The van der Waals surface area contributed by atoms with Crippen molar-refractivity contribution in [2.45, 2.75) is 16.2 Å². The molecule has 2 rings (SSSR count). The molecular weight excluding hydrogens is 307 g/mol. The highest BCUT2D eigenvalue weighted by Gasteiger charge is 2.20. The highest BCUT2D eigenvalue weighted by Crippen LogP contribution is 2.38. The van der Waals surface area contributed by atoms with Crippen LogP contribution in [0, 0.1) is 22.9 Å². The molecule has 0 unspecified atom stereocenters. The Morgan fingerprint density at radius 3 is 2.80 bits per heavy atom. The summed E-state index contributed by atoms with van der Waals surface area (Å²) in [5, 5.41) is 19.8. The van der Waals surface area contributed by atoms with Gasteiger partial charge in [-0.2, -0.15) is 0 Å². The number of carboxylic acid groups (broad SMARTS) is 1. The highest BCUT2D eigenvalue weighted by molar-refractivity contribution is 8.01. The van der Waals surface area contributed by atoms with Crippen LogP contribution in [0.25, 0.3) is 0 Å². The van der Waals surface area contributed by atoms with Gasteiger partial charge in [-0.3, -0.25) is 10.1 Å². The van der Waals surface area contributed by atoms with Crippen molar-refractivity contribution < 1.29 is 19.2 Å². The van der Waals surface area contributed by atoms with Gasteiger partial charge in [-0.25, -0.2) is 14.2 Å². The number of thiazole rings is 1. The second-order valence-electron chi connectivity index (χ2n) is 3.67. The summed E-state index contributed by atoms with van der Waals surface area (Å²) in [6.45, 7) is 1.53. The van der Waals surface area contributed by atoms with Gasteiger partial charge >= 0.3 is 5.97 Å². The summed E-state index contributed by atoms with van der Waals surface area (Å²) in [6, 6.07) is 3.09. The Balaban J connectivity index is 2.39. The van der Waals surface area contributed by atoms with Crippen molar-refractivity contribution in [2.75, 3.05) is 0 Å². The van der Waals surface area contributed by atoms with Gasteiger partial charge in [0.2, 0.25) is 0 Å². The third-order valence-electron chi connectivity index (χ3n) is 2.29. The van der Waals surface area contributed by atoms with Gasteiger partial charge in [-0.1, -0.05) is 11.8 Å². The van der Waals surface area contributed by atoms with E-state index in [2.05, 4.69) is 4.98 Å². The molecule has 0 bridgehead atoms. The maximum Gasteiger partial charge on any atom is 0.347 e. The molecular formula is C11H7FN2O4S2. The van der Waals surface area contributed by atoms with Crippen molar-refractivity contribution in [2.24, 2.45) is 0 Å². The summed E-state index contributed by atoms with van der Waals surface area (Å²) in [4.78, 5) is 25.3. The van der Waals surface area contributed by atoms with Gasteiger partial charge in [0.1, 0.15) is 10.7 Å². The molecule has 6 nitrogen and oxygen atoms in total. The summed E-state index contributed by atoms with van der Waals surface area (Å²) >= 11 is 1.77. The van der Waals surface area contributed by atoms with Crippen molar-refractivity contribution >= 4 is 34.8 Å². The van der Waals surface area contributed by atoms with Crippen LogP contribution in [0.5, 0.6) is 0 Å². The van der Waals surface area contributed by atoms with E-state index in [1.807, 2.05) is 0 Å². The number of benzene rings is 1. The molecule has 0 saturated heterocycles. The Bertz CT molecular complexity index is 702. The number of nitro benzene ring substituents is 1. The summed E-state index contributed by atoms with van der Waals surface area (Å²) in [5.41, 5.74) is 0.0742. The van der Waals surface area contributed by atoms with E-state index in [-0.39, 0.29) is 15.5 Å². The fraction of sp³-hybridized carbons (Fsp3) is 0.0909. The Labute approximate surface area is 120 Å². The first-order valence-electron chi connectivity index (χ1n) is 5.21. The molecule has 0 radical (unpaired) electrons. The molecule has 0 amide bonds. The summed E-state index contributed by atoms with van der Waals surface area (Å²) < 4.78 is 13.5. The standard InChI is InChI=1S/C11H7FN2O4S2/c1-5-9(10(15)16)20-11(13-5)19-8-4-6(12)2-3-7(8)14(17)18/h2-4H,1H3,(H,15,16). The lowest BCUT2D eigenvalue weighted by Gasteiger charge is -2.00. The molecule has 0 atom stereocenters. The van der Waals surface area contributed by atoms with Gasteiger partial charge in [-0.05, 0) is 19.1 Å². The predicted octanol–water partition coefficient (Wildman–Crippen LogP) is 3.35. The van der Waals surface area contributed by atoms with Crippen LogP contribution in [0.4, 0.5) is 10.1 Å². The number of nitrogens with zero attached hydrogens (tertiary/aromatic N) is 2. The molecule has 20 heavy (non-hydrogen) atoms. The van der Waals surface area contributed by atoms with Crippen LogP contribution in [-0.4, -0.2) is 21.0 Å². The van der Waals surface area contributed by atoms with Gasteiger partial charge < -0.3 is 5.11 Å². The fourth-order valence-electron chi connectivity index (χ4n) is 1.43. The van der Waals surface area contributed by atoms with Gasteiger partial charge in [0.25, 0.3) is 5.69 Å². The van der Waals surface area contributed by atoms with Crippen LogP contribution < -0.4 is 0 Å². The second kappa shape index (κ2) is 5.55. The molecule has 9 heteroatoms. The maximum atomic E-state index is 13.2. The monoisotopic (exact) mass is 314 g/mol. The van der Waals surface area contributed by atoms with Gasteiger partial charge in [0.15, 0.2) is 4.34 Å². The van der Waals surface area contributed by atoms with E-state index in [4.69, 9.17) is 5.11 Å². The molecule has 0 fully saturated rings. The van der Waals surface area contributed by atoms with Crippen molar-refractivity contribution in [3.8, 4) is 0 Å². The van der Waals surface area contributed by atoms with Crippen LogP contribution in [-0.2, 0) is 0 Å². The quantitative estimate of drug-likeness (QED) is 0.687. The summed E-state index contributed by atoms with van der Waals surface area (Å²) in [5.74, 6) is -1.72.